The van der Waals surface area contributed by atoms with Gasteiger partial charge in [0.2, 0.25) is 5.91 Å². The minimum atomic E-state index is -0.0286. The van der Waals surface area contributed by atoms with Crippen LogP contribution in [0, 0.1) is 20.8 Å². The highest BCUT2D eigenvalue weighted by Gasteiger charge is 2.33. The number of hydrogen-bond acceptors (Lipinski definition) is 5. The van der Waals surface area contributed by atoms with Gasteiger partial charge >= 0.3 is 0 Å². The van der Waals surface area contributed by atoms with Gasteiger partial charge in [0.15, 0.2) is 17.3 Å². The van der Waals surface area contributed by atoms with E-state index >= 15 is 0 Å². The lowest BCUT2D eigenvalue weighted by Crippen LogP contribution is -2.25. The van der Waals surface area contributed by atoms with E-state index in [1.54, 1.807) is 9.20 Å². The van der Waals surface area contributed by atoms with Crippen molar-refractivity contribution < 1.29 is 4.79 Å². The number of carbonyl (C=O) groups is 1. The van der Waals surface area contributed by atoms with Crippen LogP contribution in [0.25, 0.3) is 11.5 Å². The topological polar surface area (TPSA) is 90.0 Å². The van der Waals surface area contributed by atoms with E-state index in [9.17, 15) is 4.79 Å². The average Bonchev–Trinajstić information content (AvgIpc) is 3.21. The first-order valence-corrected chi connectivity index (χ1v) is 9.17. The zero-order valence-electron chi connectivity index (χ0n) is 15.8. The van der Waals surface area contributed by atoms with E-state index in [2.05, 4.69) is 39.7 Å². The molecule has 5 rings (SSSR count). The minimum Gasteiger partial charge on any atom is -0.310 e. The fourth-order valence-electron chi connectivity index (χ4n) is 3.96. The number of amides is 1. The first kappa shape index (κ1) is 16.6. The van der Waals surface area contributed by atoms with Gasteiger partial charge in [0.1, 0.15) is 5.82 Å². The molecule has 1 N–H and O–H groups in total. The van der Waals surface area contributed by atoms with Gasteiger partial charge in [0, 0.05) is 17.9 Å². The summed E-state index contributed by atoms with van der Waals surface area (Å²) in [6, 6.07) is 11.9. The largest absolute Gasteiger partial charge is 0.310 e. The molecule has 4 heterocycles. The SMILES string of the molecule is Cc1ccccc1[C@@H]1CC(=O)Nc2c1c(C)nn2-c1ccc2nnc(C)n2n1. The maximum absolute atomic E-state index is 12.5. The van der Waals surface area contributed by atoms with E-state index < -0.39 is 0 Å². The fraction of sp³-hybridized carbons (Fsp3) is 0.250. The van der Waals surface area contributed by atoms with Gasteiger partial charge in [-0.25, -0.2) is 0 Å². The van der Waals surface area contributed by atoms with Crippen molar-refractivity contribution in [1.82, 2.24) is 29.6 Å². The molecule has 0 radical (unpaired) electrons. The second-order valence-electron chi connectivity index (χ2n) is 7.13. The molecule has 1 atom stereocenters. The van der Waals surface area contributed by atoms with Crippen molar-refractivity contribution in [3.8, 4) is 5.82 Å². The van der Waals surface area contributed by atoms with Gasteiger partial charge in [-0.05, 0) is 44.0 Å². The van der Waals surface area contributed by atoms with Crippen LogP contribution in [0.15, 0.2) is 36.4 Å². The molecular weight excluding hydrogens is 354 g/mol. The molecular formula is C20H19N7O. The molecule has 0 saturated heterocycles. The quantitative estimate of drug-likeness (QED) is 0.583. The van der Waals surface area contributed by atoms with Gasteiger partial charge in [0.05, 0.1) is 5.69 Å². The monoisotopic (exact) mass is 373 g/mol. The number of benzene rings is 1. The standard InChI is InChI=1S/C20H19N7O/c1-11-6-4-5-7-14(11)15-10-18(28)21-20-19(15)12(2)24-27(20)17-9-8-16-23-22-13(3)26(16)25-17/h4-9,15H,10H2,1-3H3,(H,21,28)/t15-/m0/s1. The second-order valence-corrected chi connectivity index (χ2v) is 7.13. The lowest BCUT2D eigenvalue weighted by atomic mass is 9.84. The van der Waals surface area contributed by atoms with E-state index in [1.807, 2.05) is 38.1 Å². The number of nitrogens with zero attached hydrogens (tertiary/aromatic N) is 6. The van der Waals surface area contributed by atoms with E-state index in [1.165, 1.54) is 5.56 Å². The summed E-state index contributed by atoms with van der Waals surface area (Å²) in [5, 5.41) is 20.4. The van der Waals surface area contributed by atoms with Crippen molar-refractivity contribution in [3.05, 3.63) is 64.6 Å². The predicted molar refractivity (Wildman–Crippen MR) is 104 cm³/mol. The highest BCUT2D eigenvalue weighted by molar-refractivity contribution is 5.95. The van der Waals surface area contributed by atoms with Crippen LogP contribution >= 0.6 is 0 Å². The van der Waals surface area contributed by atoms with Crippen LogP contribution in [0.5, 0.6) is 0 Å². The molecule has 4 aromatic rings. The molecule has 1 aliphatic heterocycles. The van der Waals surface area contributed by atoms with E-state index in [4.69, 9.17) is 5.10 Å². The molecule has 1 aliphatic rings. The molecule has 8 nitrogen and oxygen atoms in total. The van der Waals surface area contributed by atoms with E-state index in [-0.39, 0.29) is 11.8 Å². The van der Waals surface area contributed by atoms with Gasteiger partial charge < -0.3 is 5.32 Å². The van der Waals surface area contributed by atoms with Crippen LogP contribution in [-0.2, 0) is 4.79 Å². The summed E-state index contributed by atoms with van der Waals surface area (Å²) in [6.45, 7) is 5.89. The van der Waals surface area contributed by atoms with Gasteiger partial charge in [-0.2, -0.15) is 14.3 Å². The maximum Gasteiger partial charge on any atom is 0.226 e. The van der Waals surface area contributed by atoms with Crippen molar-refractivity contribution in [2.45, 2.75) is 33.1 Å². The molecule has 3 aromatic heterocycles. The number of anilines is 1. The Balaban J connectivity index is 1.70. The number of hydrogen-bond donors (Lipinski definition) is 1. The summed E-state index contributed by atoms with van der Waals surface area (Å²) >= 11 is 0. The van der Waals surface area contributed by atoms with Gasteiger partial charge in [-0.3, -0.25) is 4.79 Å². The Morgan fingerprint density at radius 1 is 1.04 bits per heavy atom. The predicted octanol–water partition coefficient (Wildman–Crippen LogP) is 2.71. The van der Waals surface area contributed by atoms with Crippen LogP contribution < -0.4 is 5.32 Å². The van der Waals surface area contributed by atoms with Crippen molar-refractivity contribution in [3.63, 3.8) is 0 Å². The average molecular weight is 373 g/mol. The minimum absolute atomic E-state index is 0.0246. The van der Waals surface area contributed by atoms with Gasteiger partial charge in [-0.15, -0.1) is 15.3 Å². The van der Waals surface area contributed by atoms with Crippen molar-refractivity contribution in [1.29, 1.82) is 0 Å². The molecule has 1 amide bonds. The zero-order chi connectivity index (χ0) is 19.4. The fourth-order valence-corrected chi connectivity index (χ4v) is 3.96. The number of fused-ring (bicyclic) bond motifs is 2. The molecule has 0 unspecified atom stereocenters. The summed E-state index contributed by atoms with van der Waals surface area (Å²) in [5.74, 6) is 1.92. The molecule has 140 valence electrons. The summed E-state index contributed by atoms with van der Waals surface area (Å²) in [5.41, 5.74) is 4.90. The summed E-state index contributed by atoms with van der Waals surface area (Å²) < 4.78 is 3.37. The van der Waals surface area contributed by atoms with Crippen molar-refractivity contribution in [2.24, 2.45) is 0 Å². The second kappa shape index (κ2) is 5.98. The molecule has 8 heteroatoms. The number of aromatic nitrogens is 6. The zero-order valence-corrected chi connectivity index (χ0v) is 15.8. The van der Waals surface area contributed by atoms with Crippen LogP contribution in [-0.4, -0.2) is 35.5 Å². The highest BCUT2D eigenvalue weighted by atomic mass is 16.1. The Morgan fingerprint density at radius 3 is 2.68 bits per heavy atom. The van der Waals surface area contributed by atoms with Crippen LogP contribution in [0.1, 0.15) is 40.5 Å². The van der Waals surface area contributed by atoms with E-state index in [0.717, 1.165) is 16.8 Å². The molecule has 0 saturated carbocycles. The Bertz CT molecular complexity index is 1240. The third kappa shape index (κ3) is 2.41. The molecule has 0 aliphatic carbocycles. The smallest absolute Gasteiger partial charge is 0.226 e. The van der Waals surface area contributed by atoms with Crippen LogP contribution in [0.4, 0.5) is 5.82 Å². The lowest BCUT2D eigenvalue weighted by Gasteiger charge is -2.25. The Kier molecular flexibility index (Phi) is 3.55. The molecule has 0 bridgehead atoms. The Labute approximate surface area is 161 Å². The van der Waals surface area contributed by atoms with E-state index in [0.29, 0.717) is 29.5 Å². The highest BCUT2D eigenvalue weighted by Crippen LogP contribution is 2.40. The normalized spacial score (nSPS) is 16.2. The molecule has 0 fully saturated rings. The summed E-state index contributed by atoms with van der Waals surface area (Å²) in [7, 11) is 0. The van der Waals surface area contributed by atoms with Gasteiger partial charge in [-0.1, -0.05) is 24.3 Å². The Morgan fingerprint density at radius 2 is 1.86 bits per heavy atom. The number of aryl methyl sites for hydroxylation is 3. The lowest BCUT2D eigenvalue weighted by molar-refractivity contribution is -0.116. The summed E-state index contributed by atoms with van der Waals surface area (Å²) in [6.07, 6.45) is 0.404. The van der Waals surface area contributed by atoms with Crippen molar-refractivity contribution >= 4 is 17.4 Å². The molecule has 28 heavy (non-hydrogen) atoms. The third-order valence-corrected chi connectivity index (χ3v) is 5.29. The first-order chi connectivity index (χ1) is 13.5. The summed E-state index contributed by atoms with van der Waals surface area (Å²) in [4.78, 5) is 12.5. The first-order valence-electron chi connectivity index (χ1n) is 9.17. The number of nitrogens with one attached hydrogen (secondary N) is 1. The van der Waals surface area contributed by atoms with Crippen LogP contribution in [0.2, 0.25) is 0 Å². The molecule has 0 spiro atoms. The Hall–Kier alpha value is -3.55. The van der Waals surface area contributed by atoms with Crippen molar-refractivity contribution in [2.75, 3.05) is 5.32 Å². The van der Waals surface area contributed by atoms with Gasteiger partial charge in [0.25, 0.3) is 0 Å². The number of carbonyl (C=O) groups excluding carboxylic acids is 1. The maximum atomic E-state index is 12.5. The molecule has 1 aromatic carbocycles. The third-order valence-electron chi connectivity index (χ3n) is 5.29. The number of rotatable bonds is 2. The van der Waals surface area contributed by atoms with Crippen LogP contribution in [0.3, 0.4) is 0 Å².